The second-order valence-electron chi connectivity index (χ2n) is 6.75. The van der Waals surface area contributed by atoms with E-state index in [2.05, 4.69) is 5.32 Å². The van der Waals surface area contributed by atoms with Crippen LogP contribution in [0.2, 0.25) is 0 Å². The molecule has 3 rings (SSSR count). The SMILES string of the molecule is COCc1ccc(CNC(=O)c2ccc(OS(=O)(=O)c3cccc([N+](=O)[O-])c3)cc2)cc1. The fraction of sp³-hybridized carbons (Fsp3) is 0.136. The first-order valence-corrected chi connectivity index (χ1v) is 10.8. The summed E-state index contributed by atoms with van der Waals surface area (Å²) in [7, 11) is -2.65. The van der Waals surface area contributed by atoms with Crippen LogP contribution in [-0.4, -0.2) is 26.4 Å². The van der Waals surface area contributed by atoms with Crippen LogP contribution in [0, 0.1) is 10.1 Å². The fourth-order valence-corrected chi connectivity index (χ4v) is 3.76. The summed E-state index contributed by atoms with van der Waals surface area (Å²) in [5.74, 6) is -0.360. The zero-order chi connectivity index (χ0) is 23.1. The van der Waals surface area contributed by atoms with Crippen LogP contribution in [0.5, 0.6) is 5.75 Å². The minimum absolute atomic E-state index is 0.0261. The Morgan fingerprint density at radius 2 is 1.66 bits per heavy atom. The highest BCUT2D eigenvalue weighted by atomic mass is 32.2. The number of carbonyl (C=O) groups excluding carboxylic acids is 1. The van der Waals surface area contributed by atoms with Crippen LogP contribution in [0.15, 0.2) is 77.7 Å². The van der Waals surface area contributed by atoms with Crippen molar-refractivity contribution in [3.8, 4) is 5.75 Å². The lowest BCUT2D eigenvalue weighted by Crippen LogP contribution is -2.22. The predicted molar refractivity (Wildman–Crippen MR) is 116 cm³/mol. The van der Waals surface area contributed by atoms with E-state index in [-0.39, 0.29) is 22.2 Å². The van der Waals surface area contributed by atoms with Gasteiger partial charge in [-0.3, -0.25) is 14.9 Å². The van der Waals surface area contributed by atoms with Gasteiger partial charge in [-0.05, 0) is 41.5 Å². The van der Waals surface area contributed by atoms with Gasteiger partial charge in [-0.25, -0.2) is 0 Å². The van der Waals surface area contributed by atoms with Gasteiger partial charge in [-0.1, -0.05) is 30.3 Å². The standard InChI is InChI=1S/C22H20N2O7S/c1-30-15-17-7-5-16(6-8-17)14-23-22(25)18-9-11-20(12-10-18)31-32(28,29)21-4-2-3-19(13-21)24(26)27/h2-13H,14-15H2,1H3,(H,23,25). The number of nitro benzene ring substituents is 1. The van der Waals surface area contributed by atoms with E-state index in [1.54, 1.807) is 7.11 Å². The molecule has 0 aliphatic heterocycles. The molecule has 1 N–H and O–H groups in total. The van der Waals surface area contributed by atoms with E-state index in [0.717, 1.165) is 17.2 Å². The summed E-state index contributed by atoms with van der Waals surface area (Å²) in [5.41, 5.74) is 1.90. The smallest absolute Gasteiger partial charge is 0.339 e. The van der Waals surface area contributed by atoms with Gasteiger partial charge in [0.15, 0.2) is 0 Å². The maximum absolute atomic E-state index is 12.4. The molecule has 0 fully saturated rings. The highest BCUT2D eigenvalue weighted by molar-refractivity contribution is 7.87. The number of hydrogen-bond donors (Lipinski definition) is 1. The van der Waals surface area contributed by atoms with E-state index >= 15 is 0 Å². The first-order valence-electron chi connectivity index (χ1n) is 9.42. The van der Waals surface area contributed by atoms with E-state index in [4.69, 9.17) is 8.92 Å². The molecule has 0 saturated carbocycles. The largest absolute Gasteiger partial charge is 0.380 e. The number of rotatable bonds is 9. The molecule has 3 aromatic rings. The number of nitrogens with one attached hydrogen (secondary N) is 1. The summed E-state index contributed by atoms with van der Waals surface area (Å²) in [5, 5.41) is 13.6. The molecule has 0 aliphatic carbocycles. The van der Waals surface area contributed by atoms with Crippen molar-refractivity contribution in [3.63, 3.8) is 0 Å². The quantitative estimate of drug-likeness (QED) is 0.297. The van der Waals surface area contributed by atoms with E-state index in [1.165, 1.54) is 42.5 Å². The number of benzene rings is 3. The minimum Gasteiger partial charge on any atom is -0.380 e. The lowest BCUT2D eigenvalue weighted by atomic mass is 10.1. The van der Waals surface area contributed by atoms with Crippen LogP contribution in [0.3, 0.4) is 0 Å². The molecule has 0 heterocycles. The molecule has 0 saturated heterocycles. The molecular weight excluding hydrogens is 436 g/mol. The van der Waals surface area contributed by atoms with Crippen LogP contribution >= 0.6 is 0 Å². The van der Waals surface area contributed by atoms with Gasteiger partial charge in [-0.15, -0.1) is 0 Å². The van der Waals surface area contributed by atoms with Gasteiger partial charge < -0.3 is 14.2 Å². The van der Waals surface area contributed by atoms with Crippen molar-refractivity contribution in [2.75, 3.05) is 7.11 Å². The monoisotopic (exact) mass is 456 g/mol. The molecule has 9 nitrogen and oxygen atoms in total. The van der Waals surface area contributed by atoms with Crippen molar-refractivity contribution in [1.29, 1.82) is 0 Å². The molecule has 0 bridgehead atoms. The highest BCUT2D eigenvalue weighted by Crippen LogP contribution is 2.22. The van der Waals surface area contributed by atoms with Gasteiger partial charge in [0, 0.05) is 31.4 Å². The molecule has 3 aromatic carbocycles. The number of ether oxygens (including phenoxy) is 1. The molecule has 0 radical (unpaired) electrons. The van der Waals surface area contributed by atoms with Gasteiger partial charge in [-0.2, -0.15) is 8.42 Å². The zero-order valence-corrected chi connectivity index (χ0v) is 17.9. The second-order valence-corrected chi connectivity index (χ2v) is 8.29. The number of nitrogens with zero attached hydrogens (tertiary/aromatic N) is 1. The number of carbonyl (C=O) groups is 1. The third-order valence-electron chi connectivity index (χ3n) is 4.43. The van der Waals surface area contributed by atoms with Gasteiger partial charge in [0.2, 0.25) is 0 Å². The Bertz CT molecular complexity index is 1210. The summed E-state index contributed by atoms with van der Waals surface area (Å²) in [6, 6.07) is 17.7. The first kappa shape index (κ1) is 22.9. The van der Waals surface area contributed by atoms with Gasteiger partial charge >= 0.3 is 10.1 Å². The Morgan fingerprint density at radius 1 is 1.00 bits per heavy atom. The Balaban J connectivity index is 1.62. The highest BCUT2D eigenvalue weighted by Gasteiger charge is 2.20. The number of nitro groups is 1. The van der Waals surface area contributed by atoms with Crippen molar-refractivity contribution < 1.29 is 27.1 Å². The van der Waals surface area contributed by atoms with E-state index in [0.29, 0.717) is 18.7 Å². The van der Waals surface area contributed by atoms with Crippen LogP contribution < -0.4 is 9.50 Å². The van der Waals surface area contributed by atoms with Crippen LogP contribution in [-0.2, 0) is 28.0 Å². The zero-order valence-electron chi connectivity index (χ0n) is 17.1. The fourth-order valence-electron chi connectivity index (χ4n) is 2.79. The third-order valence-corrected chi connectivity index (χ3v) is 5.67. The molecule has 166 valence electrons. The Morgan fingerprint density at radius 3 is 2.28 bits per heavy atom. The summed E-state index contributed by atoms with van der Waals surface area (Å²) < 4.78 is 34.9. The molecule has 10 heteroatoms. The minimum atomic E-state index is -4.27. The maximum Gasteiger partial charge on any atom is 0.339 e. The molecule has 0 aliphatic rings. The second kappa shape index (κ2) is 10.0. The Hall–Kier alpha value is -3.76. The molecule has 0 aromatic heterocycles. The normalized spacial score (nSPS) is 11.0. The molecule has 0 unspecified atom stereocenters. The maximum atomic E-state index is 12.4. The number of hydrogen-bond acceptors (Lipinski definition) is 7. The molecular formula is C22H20N2O7S. The molecule has 1 amide bonds. The van der Waals surface area contributed by atoms with Crippen molar-refractivity contribution in [2.24, 2.45) is 0 Å². The Kier molecular flexibility index (Phi) is 7.18. The van der Waals surface area contributed by atoms with Crippen molar-refractivity contribution in [1.82, 2.24) is 5.32 Å². The topological polar surface area (TPSA) is 125 Å². The average molecular weight is 456 g/mol. The first-order chi connectivity index (χ1) is 15.3. The van der Waals surface area contributed by atoms with Gasteiger partial charge in [0.25, 0.3) is 11.6 Å². The van der Waals surface area contributed by atoms with Crippen molar-refractivity contribution >= 4 is 21.7 Å². The lowest BCUT2D eigenvalue weighted by Gasteiger charge is -2.09. The summed E-state index contributed by atoms with van der Waals surface area (Å²) in [4.78, 5) is 22.2. The summed E-state index contributed by atoms with van der Waals surface area (Å²) in [6.45, 7) is 0.837. The average Bonchev–Trinajstić information content (AvgIpc) is 2.79. The van der Waals surface area contributed by atoms with E-state index < -0.39 is 15.0 Å². The lowest BCUT2D eigenvalue weighted by molar-refractivity contribution is -0.385. The van der Waals surface area contributed by atoms with Crippen LogP contribution in [0.4, 0.5) is 5.69 Å². The molecule has 0 spiro atoms. The van der Waals surface area contributed by atoms with E-state index in [9.17, 15) is 23.3 Å². The third kappa shape index (κ3) is 5.90. The van der Waals surface area contributed by atoms with Gasteiger partial charge in [0.1, 0.15) is 10.6 Å². The van der Waals surface area contributed by atoms with Crippen LogP contribution in [0.1, 0.15) is 21.5 Å². The Labute approximate surface area is 184 Å². The summed E-state index contributed by atoms with van der Waals surface area (Å²) >= 11 is 0. The van der Waals surface area contributed by atoms with Gasteiger partial charge in [0.05, 0.1) is 11.5 Å². The van der Waals surface area contributed by atoms with Crippen molar-refractivity contribution in [3.05, 3.63) is 99.6 Å². The van der Waals surface area contributed by atoms with E-state index in [1.807, 2.05) is 24.3 Å². The summed E-state index contributed by atoms with van der Waals surface area (Å²) in [6.07, 6.45) is 0. The van der Waals surface area contributed by atoms with Crippen LogP contribution in [0.25, 0.3) is 0 Å². The number of amides is 1. The number of methoxy groups -OCH3 is 1. The molecule has 0 atom stereocenters. The molecule has 32 heavy (non-hydrogen) atoms. The predicted octanol–water partition coefficient (Wildman–Crippen LogP) is 3.44. The number of non-ortho nitro benzene ring substituents is 1. The van der Waals surface area contributed by atoms with Crippen molar-refractivity contribution in [2.45, 2.75) is 18.0 Å².